The van der Waals surface area contributed by atoms with Crippen molar-refractivity contribution in [3.05, 3.63) is 71.3 Å². The van der Waals surface area contributed by atoms with Crippen molar-refractivity contribution in [3.8, 4) is 11.5 Å². The summed E-state index contributed by atoms with van der Waals surface area (Å²) >= 11 is 0. The maximum Gasteiger partial charge on any atom is 0.247 e. The van der Waals surface area contributed by atoms with E-state index >= 15 is 0 Å². The summed E-state index contributed by atoms with van der Waals surface area (Å²) in [5.41, 5.74) is 3.04. The van der Waals surface area contributed by atoms with Gasteiger partial charge in [0.15, 0.2) is 0 Å². The minimum absolute atomic E-state index is 0.0146. The van der Waals surface area contributed by atoms with Gasteiger partial charge in [-0.15, -0.1) is 0 Å². The molecule has 5 nitrogen and oxygen atoms in total. The zero-order valence-electron chi connectivity index (χ0n) is 15.9. The van der Waals surface area contributed by atoms with Crippen LogP contribution in [0.4, 0.5) is 0 Å². The number of ether oxygens (including phenoxy) is 2. The highest BCUT2D eigenvalue weighted by Gasteiger charge is 2.17. The second-order valence-corrected chi connectivity index (χ2v) is 6.56. The summed E-state index contributed by atoms with van der Waals surface area (Å²) in [5.74, 6) is 1.47. The molecule has 0 radical (unpaired) electrons. The normalized spacial score (nSPS) is 14.4. The smallest absolute Gasteiger partial charge is 0.247 e. The fourth-order valence-electron chi connectivity index (χ4n) is 3.21. The van der Waals surface area contributed by atoms with Crippen LogP contribution < -0.4 is 14.8 Å². The van der Waals surface area contributed by atoms with Crippen LogP contribution in [0.2, 0.25) is 0 Å². The average Bonchev–Trinajstić information content (AvgIpc) is 2.73. The Bertz CT molecular complexity index is 802. The van der Waals surface area contributed by atoms with Crippen molar-refractivity contribution in [2.75, 3.05) is 27.3 Å². The predicted octanol–water partition coefficient (Wildman–Crippen LogP) is 3.15. The highest BCUT2D eigenvalue weighted by Crippen LogP contribution is 2.24. The summed E-state index contributed by atoms with van der Waals surface area (Å²) in [6.07, 6.45) is 2.79. The number of rotatable bonds is 7. The van der Waals surface area contributed by atoms with E-state index in [9.17, 15) is 4.79 Å². The second kappa shape index (κ2) is 9.24. The Morgan fingerprint density at radius 1 is 1.11 bits per heavy atom. The van der Waals surface area contributed by atoms with E-state index in [2.05, 4.69) is 34.5 Å². The first-order chi connectivity index (χ1) is 13.2. The Hall–Kier alpha value is -2.79. The summed E-state index contributed by atoms with van der Waals surface area (Å²) in [7, 11) is 3.25. The van der Waals surface area contributed by atoms with Crippen molar-refractivity contribution in [3.63, 3.8) is 0 Å². The SMILES string of the molecule is COc1ccc(OC)c(CNC(=O)C2=CCN(Cc3ccccc3)CC2)c1. The van der Waals surface area contributed by atoms with Gasteiger partial charge in [-0.3, -0.25) is 9.69 Å². The molecule has 0 atom stereocenters. The summed E-state index contributed by atoms with van der Waals surface area (Å²) < 4.78 is 10.6. The van der Waals surface area contributed by atoms with Gasteiger partial charge in [0.05, 0.1) is 14.2 Å². The standard InChI is InChI=1S/C22H26N2O3/c1-26-20-8-9-21(27-2)19(14-20)15-23-22(25)18-10-12-24(13-11-18)16-17-6-4-3-5-7-17/h3-10,14H,11-13,15-16H2,1-2H3,(H,23,25). The minimum Gasteiger partial charge on any atom is -0.497 e. The molecule has 0 saturated carbocycles. The Kier molecular flexibility index (Phi) is 6.49. The lowest BCUT2D eigenvalue weighted by atomic mass is 10.1. The second-order valence-electron chi connectivity index (χ2n) is 6.56. The van der Waals surface area contributed by atoms with Crippen LogP contribution in [0, 0.1) is 0 Å². The van der Waals surface area contributed by atoms with Crippen molar-refractivity contribution < 1.29 is 14.3 Å². The Morgan fingerprint density at radius 3 is 2.59 bits per heavy atom. The zero-order valence-corrected chi connectivity index (χ0v) is 15.9. The lowest BCUT2D eigenvalue weighted by Gasteiger charge is -2.26. The predicted molar refractivity (Wildman–Crippen MR) is 106 cm³/mol. The number of carbonyl (C=O) groups excluding carboxylic acids is 1. The van der Waals surface area contributed by atoms with E-state index in [4.69, 9.17) is 9.47 Å². The largest absolute Gasteiger partial charge is 0.497 e. The molecule has 0 saturated heterocycles. The van der Waals surface area contributed by atoms with Crippen LogP contribution in [-0.4, -0.2) is 38.1 Å². The molecule has 1 amide bonds. The molecule has 2 aromatic carbocycles. The van der Waals surface area contributed by atoms with Crippen molar-refractivity contribution in [2.45, 2.75) is 19.5 Å². The van der Waals surface area contributed by atoms with Gasteiger partial charge in [0.25, 0.3) is 0 Å². The third-order valence-electron chi connectivity index (χ3n) is 4.76. The molecule has 27 heavy (non-hydrogen) atoms. The molecular weight excluding hydrogens is 340 g/mol. The average molecular weight is 366 g/mol. The van der Waals surface area contributed by atoms with Crippen LogP contribution in [0.3, 0.4) is 0 Å². The minimum atomic E-state index is -0.0146. The Balaban J connectivity index is 1.55. The van der Waals surface area contributed by atoms with Gasteiger partial charge >= 0.3 is 0 Å². The van der Waals surface area contributed by atoms with E-state index in [0.717, 1.165) is 48.7 Å². The molecule has 1 N–H and O–H groups in total. The van der Waals surface area contributed by atoms with Crippen LogP contribution in [-0.2, 0) is 17.9 Å². The van der Waals surface area contributed by atoms with Gasteiger partial charge in [-0.05, 0) is 30.2 Å². The van der Waals surface area contributed by atoms with Crippen molar-refractivity contribution in [1.82, 2.24) is 10.2 Å². The molecule has 0 fully saturated rings. The maximum atomic E-state index is 12.5. The lowest BCUT2D eigenvalue weighted by Crippen LogP contribution is -2.33. The third kappa shape index (κ3) is 5.11. The van der Waals surface area contributed by atoms with Crippen LogP contribution in [0.5, 0.6) is 11.5 Å². The topological polar surface area (TPSA) is 50.8 Å². The molecule has 2 aromatic rings. The monoisotopic (exact) mass is 366 g/mol. The first-order valence-electron chi connectivity index (χ1n) is 9.14. The molecular formula is C22H26N2O3. The Morgan fingerprint density at radius 2 is 1.93 bits per heavy atom. The fraction of sp³-hybridized carbons (Fsp3) is 0.318. The van der Waals surface area contributed by atoms with Gasteiger partial charge in [0.1, 0.15) is 11.5 Å². The molecule has 0 unspecified atom stereocenters. The van der Waals surface area contributed by atoms with Crippen LogP contribution >= 0.6 is 0 Å². The molecule has 0 bridgehead atoms. The quantitative estimate of drug-likeness (QED) is 0.818. The van der Waals surface area contributed by atoms with Crippen LogP contribution in [0.1, 0.15) is 17.5 Å². The van der Waals surface area contributed by atoms with E-state index < -0.39 is 0 Å². The number of benzene rings is 2. The van der Waals surface area contributed by atoms with Gasteiger partial charge in [0.2, 0.25) is 5.91 Å². The summed E-state index contributed by atoms with van der Waals surface area (Å²) in [6.45, 7) is 2.99. The van der Waals surface area contributed by atoms with Gasteiger partial charge in [-0.2, -0.15) is 0 Å². The van der Waals surface area contributed by atoms with Gasteiger partial charge in [0, 0.05) is 37.3 Å². The van der Waals surface area contributed by atoms with Gasteiger partial charge < -0.3 is 14.8 Å². The zero-order chi connectivity index (χ0) is 19.1. The van der Waals surface area contributed by atoms with E-state index in [1.165, 1.54) is 5.56 Å². The number of hydrogen-bond acceptors (Lipinski definition) is 4. The van der Waals surface area contributed by atoms with Gasteiger partial charge in [-0.25, -0.2) is 0 Å². The molecule has 5 heteroatoms. The molecule has 142 valence electrons. The fourth-order valence-corrected chi connectivity index (χ4v) is 3.21. The summed E-state index contributed by atoms with van der Waals surface area (Å²) in [5, 5.41) is 3.00. The first-order valence-corrected chi connectivity index (χ1v) is 9.14. The highest BCUT2D eigenvalue weighted by atomic mass is 16.5. The van der Waals surface area contributed by atoms with E-state index in [1.54, 1.807) is 14.2 Å². The van der Waals surface area contributed by atoms with Crippen molar-refractivity contribution in [2.24, 2.45) is 0 Å². The summed E-state index contributed by atoms with van der Waals surface area (Å²) in [4.78, 5) is 14.9. The number of carbonyl (C=O) groups is 1. The van der Waals surface area contributed by atoms with Crippen molar-refractivity contribution in [1.29, 1.82) is 0 Å². The molecule has 1 aliphatic rings. The van der Waals surface area contributed by atoms with Crippen LogP contribution in [0.15, 0.2) is 60.2 Å². The molecule has 0 spiro atoms. The first kappa shape index (κ1) is 19.0. The van der Waals surface area contributed by atoms with Gasteiger partial charge in [-0.1, -0.05) is 36.4 Å². The van der Waals surface area contributed by atoms with E-state index in [1.807, 2.05) is 30.3 Å². The molecule has 3 rings (SSSR count). The Labute approximate surface area is 160 Å². The van der Waals surface area contributed by atoms with Crippen LogP contribution in [0.25, 0.3) is 0 Å². The lowest BCUT2D eigenvalue weighted by molar-refractivity contribution is -0.117. The number of nitrogens with one attached hydrogen (secondary N) is 1. The highest BCUT2D eigenvalue weighted by molar-refractivity contribution is 5.93. The summed E-state index contributed by atoms with van der Waals surface area (Å²) in [6, 6.07) is 16.0. The number of nitrogens with zero attached hydrogens (tertiary/aromatic N) is 1. The van der Waals surface area contributed by atoms with E-state index in [0.29, 0.717) is 6.54 Å². The van der Waals surface area contributed by atoms with E-state index in [-0.39, 0.29) is 5.91 Å². The number of methoxy groups -OCH3 is 2. The number of amides is 1. The van der Waals surface area contributed by atoms with Crippen molar-refractivity contribution >= 4 is 5.91 Å². The molecule has 1 aliphatic heterocycles. The maximum absolute atomic E-state index is 12.5. The molecule has 0 aromatic heterocycles. The third-order valence-corrected chi connectivity index (χ3v) is 4.76. The molecule has 0 aliphatic carbocycles. The number of hydrogen-bond donors (Lipinski definition) is 1. The molecule has 1 heterocycles.